The monoisotopic (exact) mass is 335 g/mol. The van der Waals surface area contributed by atoms with Crippen molar-refractivity contribution in [2.75, 3.05) is 36.0 Å². The minimum Gasteiger partial charge on any atom is -0.368 e. The lowest BCUT2D eigenvalue weighted by Gasteiger charge is -2.37. The first-order valence-electron chi connectivity index (χ1n) is 8.45. The normalized spacial score (nSPS) is 14.8. The van der Waals surface area contributed by atoms with Crippen molar-refractivity contribution in [1.82, 2.24) is 24.7 Å². The second-order valence-corrected chi connectivity index (χ2v) is 6.34. The maximum absolute atomic E-state index is 4.44. The Morgan fingerprint density at radius 2 is 1.60 bits per heavy atom. The minimum atomic E-state index is 0.736. The van der Waals surface area contributed by atoms with Crippen LogP contribution in [0.2, 0.25) is 0 Å². The number of piperazine rings is 1. The summed E-state index contributed by atoms with van der Waals surface area (Å²) < 4.78 is 1.65. The van der Waals surface area contributed by atoms with E-state index in [1.165, 1.54) is 23.1 Å². The highest BCUT2D eigenvalue weighted by Gasteiger charge is 2.20. The summed E-state index contributed by atoms with van der Waals surface area (Å²) in [7, 11) is 0. The Labute approximate surface area is 147 Å². The van der Waals surface area contributed by atoms with Gasteiger partial charge in [-0.15, -0.1) is 0 Å². The van der Waals surface area contributed by atoms with Crippen molar-refractivity contribution in [3.63, 3.8) is 0 Å². The summed E-state index contributed by atoms with van der Waals surface area (Å²) in [5.74, 6) is 1.67. The maximum Gasteiger partial charge on any atom is 0.160 e. The molecule has 1 aromatic carbocycles. The van der Waals surface area contributed by atoms with Crippen molar-refractivity contribution in [3.05, 3.63) is 54.4 Å². The van der Waals surface area contributed by atoms with Crippen LogP contribution in [0.15, 0.2) is 43.2 Å². The van der Waals surface area contributed by atoms with Gasteiger partial charge in [-0.3, -0.25) is 0 Å². The fourth-order valence-corrected chi connectivity index (χ4v) is 3.20. The summed E-state index contributed by atoms with van der Waals surface area (Å²) in [6, 6.07) is 8.61. The SMILES string of the molecule is Cc1ccc(C)c(N2CCN(c3cc(-n4cncn4)ncn3)CC2)c1. The van der Waals surface area contributed by atoms with Crippen molar-refractivity contribution >= 4 is 11.5 Å². The predicted octanol–water partition coefficient (Wildman–Crippen LogP) is 2.00. The van der Waals surface area contributed by atoms with Gasteiger partial charge in [-0.05, 0) is 31.0 Å². The van der Waals surface area contributed by atoms with Gasteiger partial charge in [0.25, 0.3) is 0 Å². The molecule has 3 aromatic rings. The number of hydrogen-bond acceptors (Lipinski definition) is 6. The van der Waals surface area contributed by atoms with E-state index in [4.69, 9.17) is 0 Å². The Morgan fingerprint density at radius 1 is 0.840 bits per heavy atom. The van der Waals surface area contributed by atoms with E-state index in [1.807, 2.05) is 6.07 Å². The highest BCUT2D eigenvalue weighted by atomic mass is 15.4. The average Bonchev–Trinajstić information content (AvgIpc) is 3.19. The summed E-state index contributed by atoms with van der Waals surface area (Å²) in [6.07, 6.45) is 4.73. The van der Waals surface area contributed by atoms with Crippen molar-refractivity contribution in [2.24, 2.45) is 0 Å². The van der Waals surface area contributed by atoms with Crippen LogP contribution >= 0.6 is 0 Å². The highest BCUT2D eigenvalue weighted by Crippen LogP contribution is 2.24. The van der Waals surface area contributed by atoms with Crippen LogP contribution in [0, 0.1) is 13.8 Å². The molecule has 0 aliphatic carbocycles. The van der Waals surface area contributed by atoms with Crippen LogP contribution in [0.5, 0.6) is 0 Å². The molecule has 0 unspecified atom stereocenters. The molecule has 7 nitrogen and oxygen atoms in total. The number of benzene rings is 1. The van der Waals surface area contributed by atoms with E-state index in [9.17, 15) is 0 Å². The van der Waals surface area contributed by atoms with Gasteiger partial charge in [0.2, 0.25) is 0 Å². The van der Waals surface area contributed by atoms with E-state index in [0.717, 1.165) is 37.8 Å². The molecule has 1 aliphatic heterocycles. The Bertz CT molecular complexity index is 852. The molecule has 0 N–H and O–H groups in total. The standard InChI is InChI=1S/C18H21N7/c1-14-3-4-15(2)16(9-14)23-5-7-24(8-6-23)17-10-18(21-12-20-17)25-13-19-11-22-25/h3-4,9-13H,5-8H2,1-2H3. The van der Waals surface area contributed by atoms with Gasteiger partial charge < -0.3 is 9.80 Å². The van der Waals surface area contributed by atoms with E-state index in [1.54, 1.807) is 17.3 Å². The lowest BCUT2D eigenvalue weighted by atomic mass is 10.1. The van der Waals surface area contributed by atoms with Gasteiger partial charge in [0.15, 0.2) is 5.82 Å². The first kappa shape index (κ1) is 15.6. The smallest absolute Gasteiger partial charge is 0.160 e. The van der Waals surface area contributed by atoms with E-state index in [-0.39, 0.29) is 0 Å². The van der Waals surface area contributed by atoms with Crippen LogP contribution < -0.4 is 9.80 Å². The summed E-state index contributed by atoms with van der Waals surface area (Å²) >= 11 is 0. The second kappa shape index (κ2) is 6.51. The van der Waals surface area contributed by atoms with Gasteiger partial charge in [0, 0.05) is 37.9 Å². The molecular formula is C18H21N7. The average molecular weight is 335 g/mol. The molecule has 128 valence electrons. The Balaban J connectivity index is 1.49. The molecule has 7 heteroatoms. The zero-order valence-electron chi connectivity index (χ0n) is 14.5. The Kier molecular flexibility index (Phi) is 4.05. The van der Waals surface area contributed by atoms with Crippen molar-refractivity contribution in [3.8, 4) is 5.82 Å². The fourth-order valence-electron chi connectivity index (χ4n) is 3.20. The molecule has 0 radical (unpaired) electrons. The van der Waals surface area contributed by atoms with E-state index >= 15 is 0 Å². The van der Waals surface area contributed by atoms with Gasteiger partial charge >= 0.3 is 0 Å². The Hall–Kier alpha value is -2.96. The second-order valence-electron chi connectivity index (χ2n) is 6.34. The number of nitrogens with zero attached hydrogens (tertiary/aromatic N) is 7. The van der Waals surface area contributed by atoms with Crippen LogP contribution in [0.3, 0.4) is 0 Å². The quantitative estimate of drug-likeness (QED) is 0.729. The van der Waals surface area contributed by atoms with Crippen LogP contribution in [0.1, 0.15) is 11.1 Å². The van der Waals surface area contributed by atoms with E-state index < -0.39 is 0 Å². The molecule has 3 heterocycles. The molecule has 0 atom stereocenters. The van der Waals surface area contributed by atoms with Crippen LogP contribution in [-0.2, 0) is 0 Å². The third-order valence-corrected chi connectivity index (χ3v) is 4.60. The number of rotatable bonds is 3. The van der Waals surface area contributed by atoms with Gasteiger partial charge in [-0.25, -0.2) is 19.6 Å². The molecule has 0 spiro atoms. The van der Waals surface area contributed by atoms with Crippen LogP contribution in [0.25, 0.3) is 5.82 Å². The summed E-state index contributed by atoms with van der Waals surface area (Å²) in [4.78, 5) is 17.4. The third kappa shape index (κ3) is 3.17. The largest absolute Gasteiger partial charge is 0.368 e. The van der Waals surface area contributed by atoms with Crippen molar-refractivity contribution < 1.29 is 0 Å². The molecule has 0 saturated carbocycles. The maximum atomic E-state index is 4.44. The molecular weight excluding hydrogens is 314 g/mol. The van der Waals surface area contributed by atoms with Crippen molar-refractivity contribution in [2.45, 2.75) is 13.8 Å². The molecule has 4 rings (SSSR count). The number of anilines is 2. The Morgan fingerprint density at radius 3 is 2.36 bits per heavy atom. The topological polar surface area (TPSA) is 63.0 Å². The van der Waals surface area contributed by atoms with Crippen LogP contribution in [0.4, 0.5) is 11.5 Å². The van der Waals surface area contributed by atoms with Gasteiger partial charge in [-0.2, -0.15) is 5.10 Å². The lowest BCUT2D eigenvalue weighted by Crippen LogP contribution is -2.47. The number of hydrogen-bond donors (Lipinski definition) is 0. The molecule has 1 fully saturated rings. The molecule has 25 heavy (non-hydrogen) atoms. The summed E-state index contributed by atoms with van der Waals surface area (Å²) in [6.45, 7) is 8.14. The fraction of sp³-hybridized carbons (Fsp3) is 0.333. The molecule has 1 saturated heterocycles. The van der Waals surface area contributed by atoms with E-state index in [0.29, 0.717) is 0 Å². The van der Waals surface area contributed by atoms with Gasteiger partial charge in [0.1, 0.15) is 24.8 Å². The lowest BCUT2D eigenvalue weighted by molar-refractivity contribution is 0.644. The first-order chi connectivity index (χ1) is 12.2. The van der Waals surface area contributed by atoms with Gasteiger partial charge in [-0.1, -0.05) is 12.1 Å². The zero-order chi connectivity index (χ0) is 17.2. The van der Waals surface area contributed by atoms with E-state index in [2.05, 4.69) is 61.9 Å². The summed E-state index contributed by atoms with van der Waals surface area (Å²) in [5, 5.41) is 4.13. The zero-order valence-corrected chi connectivity index (χ0v) is 14.5. The predicted molar refractivity (Wildman–Crippen MR) is 97.3 cm³/mol. The molecule has 2 aromatic heterocycles. The van der Waals surface area contributed by atoms with Crippen molar-refractivity contribution in [1.29, 1.82) is 0 Å². The number of aryl methyl sites for hydroxylation is 2. The summed E-state index contributed by atoms with van der Waals surface area (Å²) in [5.41, 5.74) is 3.97. The first-order valence-corrected chi connectivity index (χ1v) is 8.45. The molecule has 1 aliphatic rings. The number of aromatic nitrogens is 5. The third-order valence-electron chi connectivity index (χ3n) is 4.60. The molecule has 0 bridgehead atoms. The highest BCUT2D eigenvalue weighted by molar-refractivity contribution is 5.56. The van der Waals surface area contributed by atoms with Crippen LogP contribution in [-0.4, -0.2) is 50.9 Å². The minimum absolute atomic E-state index is 0.736. The van der Waals surface area contributed by atoms with Gasteiger partial charge in [0.05, 0.1) is 0 Å². The molecule has 0 amide bonds.